The van der Waals surface area contributed by atoms with E-state index in [2.05, 4.69) is 10.8 Å². The van der Waals surface area contributed by atoms with Crippen molar-refractivity contribution >= 4 is 26.5 Å². The number of rotatable bonds is 5. The van der Waals surface area contributed by atoms with E-state index in [-0.39, 0.29) is 12.5 Å². The van der Waals surface area contributed by atoms with Crippen molar-refractivity contribution < 1.29 is 13.5 Å². The molecule has 2 aromatic carbocycles. The van der Waals surface area contributed by atoms with E-state index < -0.39 is 15.3 Å². The van der Waals surface area contributed by atoms with Crippen molar-refractivity contribution in [3.8, 4) is 0 Å². The summed E-state index contributed by atoms with van der Waals surface area (Å²) in [6.45, 7) is 2.02. The maximum atomic E-state index is 12.9. The van der Waals surface area contributed by atoms with Gasteiger partial charge in [0.05, 0.1) is 10.9 Å². The standard InChI is InChI=1S/C19H23NO3S/c1-14-5-4-7-17(13-14)24(22,23)20-19-16(11-12-21)10-9-15-6-2-3-8-18(15)19/h2-6,8-10,14,17,20-21H,7,11-13H2,1H3/t14-,17-/m1/s1. The van der Waals surface area contributed by atoms with Gasteiger partial charge in [-0.2, -0.15) is 0 Å². The summed E-state index contributed by atoms with van der Waals surface area (Å²) in [6.07, 6.45) is 5.62. The summed E-state index contributed by atoms with van der Waals surface area (Å²) in [6, 6.07) is 11.6. The molecule has 0 saturated heterocycles. The number of fused-ring (bicyclic) bond motifs is 1. The lowest BCUT2D eigenvalue weighted by Gasteiger charge is -2.24. The predicted octanol–water partition coefficient (Wildman–Crippen LogP) is 3.47. The van der Waals surface area contributed by atoms with Gasteiger partial charge in [0.25, 0.3) is 0 Å². The summed E-state index contributed by atoms with van der Waals surface area (Å²) in [7, 11) is -3.48. The Morgan fingerprint density at radius 2 is 2.00 bits per heavy atom. The first-order valence-electron chi connectivity index (χ1n) is 8.31. The molecule has 2 N–H and O–H groups in total. The van der Waals surface area contributed by atoms with Crippen LogP contribution in [0.1, 0.15) is 25.3 Å². The SMILES string of the molecule is C[C@@H]1C=CC[C@@H](S(=O)(=O)Nc2c(CCO)ccc3ccccc23)C1. The minimum absolute atomic E-state index is 0.0176. The lowest BCUT2D eigenvalue weighted by Crippen LogP contribution is -2.31. The van der Waals surface area contributed by atoms with E-state index >= 15 is 0 Å². The maximum Gasteiger partial charge on any atom is 0.235 e. The Morgan fingerprint density at radius 1 is 1.21 bits per heavy atom. The molecule has 0 radical (unpaired) electrons. The van der Waals surface area contributed by atoms with E-state index in [9.17, 15) is 13.5 Å². The first kappa shape index (κ1) is 17.0. The van der Waals surface area contributed by atoms with Gasteiger partial charge in [0.2, 0.25) is 10.0 Å². The van der Waals surface area contributed by atoms with Crippen LogP contribution in [0.3, 0.4) is 0 Å². The normalized spacial score (nSPS) is 21.1. The van der Waals surface area contributed by atoms with E-state index in [4.69, 9.17) is 0 Å². The van der Waals surface area contributed by atoms with Gasteiger partial charge in [-0.3, -0.25) is 4.72 Å². The highest BCUT2D eigenvalue weighted by molar-refractivity contribution is 7.93. The monoisotopic (exact) mass is 345 g/mol. The average molecular weight is 345 g/mol. The second kappa shape index (κ2) is 6.95. The van der Waals surface area contributed by atoms with Gasteiger partial charge in [0, 0.05) is 12.0 Å². The Labute approximate surface area is 143 Å². The fourth-order valence-electron chi connectivity index (χ4n) is 3.30. The van der Waals surface area contributed by atoms with Gasteiger partial charge in [-0.25, -0.2) is 8.42 Å². The van der Waals surface area contributed by atoms with Gasteiger partial charge < -0.3 is 5.11 Å². The minimum Gasteiger partial charge on any atom is -0.396 e. The molecule has 0 saturated carbocycles. The molecule has 0 unspecified atom stereocenters. The quantitative estimate of drug-likeness (QED) is 0.816. The smallest absolute Gasteiger partial charge is 0.235 e. The van der Waals surface area contributed by atoms with Crippen LogP contribution in [0, 0.1) is 5.92 Å². The molecular weight excluding hydrogens is 322 g/mol. The van der Waals surface area contributed by atoms with E-state index in [0.717, 1.165) is 16.3 Å². The molecule has 2 atom stereocenters. The van der Waals surface area contributed by atoms with Crippen molar-refractivity contribution in [2.45, 2.75) is 31.4 Å². The number of anilines is 1. The molecule has 4 nitrogen and oxygen atoms in total. The summed E-state index contributed by atoms with van der Waals surface area (Å²) >= 11 is 0. The molecule has 0 heterocycles. The molecule has 128 valence electrons. The molecular formula is C19H23NO3S. The fraction of sp³-hybridized carbons (Fsp3) is 0.368. The zero-order chi connectivity index (χ0) is 17.2. The maximum absolute atomic E-state index is 12.9. The summed E-state index contributed by atoms with van der Waals surface area (Å²) in [5.41, 5.74) is 1.42. The van der Waals surface area contributed by atoms with Gasteiger partial charge in [-0.05, 0) is 36.1 Å². The van der Waals surface area contributed by atoms with E-state index in [1.165, 1.54) is 0 Å². The Bertz CT molecular complexity index is 858. The molecule has 0 aromatic heterocycles. The van der Waals surface area contributed by atoms with Gasteiger partial charge in [-0.1, -0.05) is 55.5 Å². The molecule has 3 rings (SSSR count). The third-order valence-corrected chi connectivity index (χ3v) is 6.33. The van der Waals surface area contributed by atoms with Crippen LogP contribution in [0.25, 0.3) is 10.8 Å². The molecule has 0 fully saturated rings. The van der Waals surface area contributed by atoms with Crippen LogP contribution < -0.4 is 4.72 Å². The number of hydrogen-bond donors (Lipinski definition) is 2. The lowest BCUT2D eigenvalue weighted by molar-refractivity contribution is 0.300. The summed E-state index contributed by atoms with van der Waals surface area (Å²) in [5.74, 6) is 0.268. The van der Waals surface area contributed by atoms with Crippen molar-refractivity contribution in [3.05, 3.63) is 54.1 Å². The van der Waals surface area contributed by atoms with Crippen LogP contribution in [0.2, 0.25) is 0 Å². The van der Waals surface area contributed by atoms with Crippen molar-refractivity contribution in [1.29, 1.82) is 0 Å². The van der Waals surface area contributed by atoms with E-state index in [0.29, 0.717) is 24.9 Å². The second-order valence-electron chi connectivity index (χ2n) is 6.44. The number of aliphatic hydroxyl groups is 1. The summed E-state index contributed by atoms with van der Waals surface area (Å²) in [5, 5.41) is 10.7. The van der Waals surface area contributed by atoms with Gasteiger partial charge >= 0.3 is 0 Å². The number of sulfonamides is 1. The van der Waals surface area contributed by atoms with Crippen LogP contribution >= 0.6 is 0 Å². The van der Waals surface area contributed by atoms with E-state index in [1.54, 1.807) is 0 Å². The molecule has 1 aliphatic carbocycles. The second-order valence-corrected chi connectivity index (χ2v) is 8.40. The zero-order valence-electron chi connectivity index (χ0n) is 13.8. The largest absolute Gasteiger partial charge is 0.396 e. The fourth-order valence-corrected chi connectivity index (χ4v) is 4.91. The highest BCUT2D eigenvalue weighted by atomic mass is 32.2. The van der Waals surface area contributed by atoms with Crippen molar-refractivity contribution in [3.63, 3.8) is 0 Å². The molecule has 24 heavy (non-hydrogen) atoms. The Balaban J connectivity index is 2.01. The third kappa shape index (κ3) is 3.47. The highest BCUT2D eigenvalue weighted by Crippen LogP contribution is 2.31. The Kier molecular flexibility index (Phi) is 4.92. The Morgan fingerprint density at radius 3 is 2.75 bits per heavy atom. The summed E-state index contributed by atoms with van der Waals surface area (Å²) in [4.78, 5) is 0. The molecule has 0 amide bonds. The number of allylic oxidation sites excluding steroid dienone is 2. The first-order chi connectivity index (χ1) is 11.5. The number of hydrogen-bond acceptors (Lipinski definition) is 3. The van der Waals surface area contributed by atoms with E-state index in [1.807, 2.05) is 49.4 Å². The van der Waals surface area contributed by atoms with Crippen LogP contribution in [0.5, 0.6) is 0 Å². The number of benzene rings is 2. The van der Waals surface area contributed by atoms with Gasteiger partial charge in [-0.15, -0.1) is 0 Å². The molecule has 0 spiro atoms. The van der Waals surface area contributed by atoms with Gasteiger partial charge in [0.1, 0.15) is 0 Å². The average Bonchev–Trinajstić information content (AvgIpc) is 2.57. The molecule has 1 aliphatic rings. The van der Waals surface area contributed by atoms with Crippen LogP contribution in [0.4, 0.5) is 5.69 Å². The van der Waals surface area contributed by atoms with Crippen LogP contribution in [-0.2, 0) is 16.4 Å². The van der Waals surface area contributed by atoms with Crippen LogP contribution in [-0.4, -0.2) is 25.4 Å². The minimum atomic E-state index is -3.48. The summed E-state index contributed by atoms with van der Waals surface area (Å²) < 4.78 is 28.6. The number of nitrogens with one attached hydrogen (secondary N) is 1. The molecule has 2 aromatic rings. The lowest BCUT2D eigenvalue weighted by atomic mass is 9.98. The van der Waals surface area contributed by atoms with Crippen molar-refractivity contribution in [2.75, 3.05) is 11.3 Å². The third-order valence-electron chi connectivity index (χ3n) is 4.58. The topological polar surface area (TPSA) is 66.4 Å². The predicted molar refractivity (Wildman–Crippen MR) is 98.6 cm³/mol. The Hall–Kier alpha value is -1.85. The van der Waals surface area contributed by atoms with Gasteiger partial charge in [0.15, 0.2) is 0 Å². The van der Waals surface area contributed by atoms with Crippen molar-refractivity contribution in [1.82, 2.24) is 0 Å². The molecule has 5 heteroatoms. The molecule has 0 bridgehead atoms. The van der Waals surface area contributed by atoms with Crippen molar-refractivity contribution in [2.24, 2.45) is 5.92 Å². The highest BCUT2D eigenvalue weighted by Gasteiger charge is 2.29. The van der Waals surface area contributed by atoms with Crippen LogP contribution in [0.15, 0.2) is 48.6 Å². The zero-order valence-corrected chi connectivity index (χ0v) is 14.6. The first-order valence-corrected chi connectivity index (χ1v) is 9.85. The number of aliphatic hydroxyl groups excluding tert-OH is 1. The molecule has 0 aliphatic heterocycles.